The van der Waals surface area contributed by atoms with Gasteiger partial charge < -0.3 is 14.6 Å². The Morgan fingerprint density at radius 3 is 2.97 bits per heavy atom. The molecule has 1 atom stereocenters. The Kier molecular flexibility index (Phi) is 4.17. The van der Waals surface area contributed by atoms with Crippen LogP contribution in [0.3, 0.4) is 0 Å². The van der Waals surface area contributed by atoms with Gasteiger partial charge in [-0.3, -0.25) is 19.0 Å². The summed E-state index contributed by atoms with van der Waals surface area (Å²) >= 11 is 0. The highest BCUT2D eigenvalue weighted by Gasteiger charge is 2.25. The average molecular weight is 391 g/mol. The van der Waals surface area contributed by atoms with Crippen LogP contribution in [0.5, 0.6) is 0 Å². The molecule has 9 heteroatoms. The Morgan fingerprint density at radius 2 is 2.17 bits per heavy atom. The van der Waals surface area contributed by atoms with E-state index in [1.54, 1.807) is 34.0 Å². The van der Waals surface area contributed by atoms with Gasteiger partial charge in [0.15, 0.2) is 5.82 Å². The van der Waals surface area contributed by atoms with Crippen molar-refractivity contribution in [3.63, 3.8) is 0 Å². The Balaban J connectivity index is 1.77. The standard InChI is InChI=1S/C20H21N7O2/c1-13-12-29-8-7-26(13)19-20(28)27(18-4-6-23-25(18)2)11-17(24-19)15-9-21-10-16-14(15)3-5-22-16/h3-6,9-11,13,22H,7-8,12H2,1-2H3/t13-/m1/s1. The number of morpholine rings is 1. The fourth-order valence-electron chi connectivity index (χ4n) is 3.80. The fourth-order valence-corrected chi connectivity index (χ4v) is 3.80. The molecule has 0 amide bonds. The molecule has 5 rings (SSSR count). The topological polar surface area (TPSA) is 93.9 Å². The second-order valence-corrected chi connectivity index (χ2v) is 7.18. The molecule has 1 aliphatic rings. The Bertz CT molecular complexity index is 1240. The maximum Gasteiger partial charge on any atom is 0.299 e. The number of aromatic nitrogens is 6. The maximum absolute atomic E-state index is 13.4. The van der Waals surface area contributed by atoms with E-state index in [0.29, 0.717) is 37.1 Å². The summed E-state index contributed by atoms with van der Waals surface area (Å²) < 4.78 is 8.83. The minimum atomic E-state index is -0.180. The molecule has 0 aliphatic carbocycles. The molecule has 148 valence electrons. The van der Waals surface area contributed by atoms with E-state index in [2.05, 4.69) is 15.1 Å². The van der Waals surface area contributed by atoms with Gasteiger partial charge in [-0.1, -0.05) is 0 Å². The predicted octanol–water partition coefficient (Wildman–Crippen LogP) is 1.73. The van der Waals surface area contributed by atoms with Crippen LogP contribution in [0.4, 0.5) is 5.82 Å². The van der Waals surface area contributed by atoms with Crippen molar-refractivity contribution in [1.29, 1.82) is 0 Å². The first-order chi connectivity index (χ1) is 14.1. The summed E-state index contributed by atoms with van der Waals surface area (Å²) in [7, 11) is 1.81. The zero-order valence-corrected chi connectivity index (χ0v) is 16.2. The molecule has 1 saturated heterocycles. The predicted molar refractivity (Wildman–Crippen MR) is 109 cm³/mol. The number of aromatic amines is 1. The van der Waals surface area contributed by atoms with Gasteiger partial charge in [0.25, 0.3) is 5.56 Å². The molecule has 29 heavy (non-hydrogen) atoms. The van der Waals surface area contributed by atoms with Crippen LogP contribution >= 0.6 is 0 Å². The molecule has 9 nitrogen and oxygen atoms in total. The molecular weight excluding hydrogens is 370 g/mol. The first-order valence-electron chi connectivity index (χ1n) is 9.51. The normalized spacial score (nSPS) is 17.2. The molecule has 1 aliphatic heterocycles. The molecule has 5 heterocycles. The van der Waals surface area contributed by atoms with Crippen molar-refractivity contribution in [3.8, 4) is 17.1 Å². The minimum absolute atomic E-state index is 0.0559. The van der Waals surface area contributed by atoms with Crippen LogP contribution in [0.15, 0.2) is 47.9 Å². The molecule has 0 saturated carbocycles. The lowest BCUT2D eigenvalue weighted by Crippen LogP contribution is -2.47. The van der Waals surface area contributed by atoms with E-state index in [4.69, 9.17) is 9.72 Å². The van der Waals surface area contributed by atoms with Crippen molar-refractivity contribution in [1.82, 2.24) is 29.3 Å². The number of pyridine rings is 1. The summed E-state index contributed by atoms with van der Waals surface area (Å²) in [4.78, 5) is 27.8. The molecule has 0 spiro atoms. The van der Waals surface area contributed by atoms with E-state index in [-0.39, 0.29) is 11.6 Å². The number of nitrogens with one attached hydrogen (secondary N) is 1. The maximum atomic E-state index is 13.4. The quantitative estimate of drug-likeness (QED) is 0.572. The monoisotopic (exact) mass is 391 g/mol. The SMILES string of the molecule is C[C@@H]1COCCN1c1nc(-c2cncc3[nH]ccc23)cn(-c2ccnn2C)c1=O. The average Bonchev–Trinajstić information content (AvgIpc) is 3.37. The number of nitrogens with zero attached hydrogens (tertiary/aromatic N) is 6. The third-order valence-corrected chi connectivity index (χ3v) is 5.32. The first-order valence-corrected chi connectivity index (χ1v) is 9.51. The largest absolute Gasteiger partial charge is 0.377 e. The van der Waals surface area contributed by atoms with Gasteiger partial charge in [0.1, 0.15) is 5.82 Å². The molecule has 0 radical (unpaired) electrons. The molecule has 0 bridgehead atoms. The summed E-state index contributed by atoms with van der Waals surface area (Å²) in [5.41, 5.74) is 2.28. The summed E-state index contributed by atoms with van der Waals surface area (Å²) in [6.07, 6.45) is 8.87. The number of ether oxygens (including phenoxy) is 1. The van der Waals surface area contributed by atoms with Crippen molar-refractivity contribution in [2.45, 2.75) is 13.0 Å². The summed E-state index contributed by atoms with van der Waals surface area (Å²) in [6.45, 7) is 3.78. The second kappa shape index (κ2) is 6.85. The lowest BCUT2D eigenvalue weighted by Gasteiger charge is -2.34. The van der Waals surface area contributed by atoms with Crippen LogP contribution in [-0.4, -0.2) is 55.1 Å². The van der Waals surface area contributed by atoms with Crippen LogP contribution < -0.4 is 10.5 Å². The highest BCUT2D eigenvalue weighted by atomic mass is 16.5. The number of rotatable bonds is 3. The lowest BCUT2D eigenvalue weighted by molar-refractivity contribution is 0.0983. The van der Waals surface area contributed by atoms with Gasteiger partial charge in [0.05, 0.1) is 42.9 Å². The Morgan fingerprint density at radius 1 is 1.28 bits per heavy atom. The number of H-pyrrole nitrogens is 1. The van der Waals surface area contributed by atoms with Crippen LogP contribution in [0.25, 0.3) is 28.0 Å². The summed E-state index contributed by atoms with van der Waals surface area (Å²) in [6, 6.07) is 3.86. The summed E-state index contributed by atoms with van der Waals surface area (Å²) in [5.74, 6) is 1.09. The zero-order chi connectivity index (χ0) is 20.0. The van der Waals surface area contributed by atoms with Crippen LogP contribution in [0.1, 0.15) is 6.92 Å². The third-order valence-electron chi connectivity index (χ3n) is 5.32. The molecule has 4 aromatic rings. The second-order valence-electron chi connectivity index (χ2n) is 7.18. The third kappa shape index (κ3) is 2.90. The smallest absolute Gasteiger partial charge is 0.299 e. The van der Waals surface area contributed by atoms with Crippen LogP contribution in [0, 0.1) is 0 Å². The molecular formula is C20H21N7O2. The highest BCUT2D eigenvalue weighted by molar-refractivity contribution is 5.93. The molecule has 1 N–H and O–H groups in total. The highest BCUT2D eigenvalue weighted by Crippen LogP contribution is 2.27. The Labute approximate surface area is 166 Å². The van der Waals surface area contributed by atoms with Crippen molar-refractivity contribution in [2.75, 3.05) is 24.7 Å². The van der Waals surface area contributed by atoms with Crippen LogP contribution in [-0.2, 0) is 11.8 Å². The molecule has 0 aromatic carbocycles. The van der Waals surface area contributed by atoms with Crippen molar-refractivity contribution >= 4 is 16.7 Å². The number of hydrogen-bond donors (Lipinski definition) is 1. The molecule has 0 unspecified atom stereocenters. The van der Waals surface area contributed by atoms with Crippen molar-refractivity contribution in [3.05, 3.63) is 53.5 Å². The van der Waals surface area contributed by atoms with E-state index >= 15 is 0 Å². The first kappa shape index (κ1) is 17.6. The van der Waals surface area contributed by atoms with Gasteiger partial charge in [0, 0.05) is 49.2 Å². The van der Waals surface area contributed by atoms with Crippen molar-refractivity contribution in [2.24, 2.45) is 7.05 Å². The van der Waals surface area contributed by atoms with Gasteiger partial charge >= 0.3 is 0 Å². The van der Waals surface area contributed by atoms with Gasteiger partial charge in [-0.2, -0.15) is 5.10 Å². The van der Waals surface area contributed by atoms with E-state index < -0.39 is 0 Å². The lowest BCUT2D eigenvalue weighted by atomic mass is 10.1. The number of fused-ring (bicyclic) bond motifs is 1. The number of hydrogen-bond acceptors (Lipinski definition) is 6. The van der Waals surface area contributed by atoms with Crippen LogP contribution in [0.2, 0.25) is 0 Å². The Hall–Kier alpha value is -3.46. The van der Waals surface area contributed by atoms with E-state index in [1.165, 1.54) is 0 Å². The van der Waals surface area contributed by atoms with Crippen molar-refractivity contribution < 1.29 is 4.74 Å². The molecule has 1 fully saturated rings. The zero-order valence-electron chi connectivity index (χ0n) is 16.2. The number of aryl methyl sites for hydroxylation is 1. The van der Waals surface area contributed by atoms with E-state index in [9.17, 15) is 4.79 Å². The van der Waals surface area contributed by atoms with Gasteiger partial charge in [0.2, 0.25) is 0 Å². The fraction of sp³-hybridized carbons (Fsp3) is 0.300. The van der Waals surface area contributed by atoms with Gasteiger partial charge in [-0.05, 0) is 13.0 Å². The van der Waals surface area contributed by atoms with E-state index in [0.717, 1.165) is 16.5 Å². The summed E-state index contributed by atoms with van der Waals surface area (Å²) in [5, 5.41) is 5.22. The molecule has 4 aromatic heterocycles. The van der Waals surface area contributed by atoms with Gasteiger partial charge in [-0.15, -0.1) is 0 Å². The van der Waals surface area contributed by atoms with Gasteiger partial charge in [-0.25, -0.2) is 4.98 Å². The van der Waals surface area contributed by atoms with E-state index in [1.807, 2.05) is 37.2 Å². The number of anilines is 1. The minimum Gasteiger partial charge on any atom is -0.377 e.